The van der Waals surface area contributed by atoms with Crippen LogP contribution in [0.2, 0.25) is 0 Å². The number of phenols is 1. The third-order valence-electron chi connectivity index (χ3n) is 2.38. The van der Waals surface area contributed by atoms with Gasteiger partial charge in [0.15, 0.2) is 15.6 Å². The maximum absolute atomic E-state index is 11.6. The van der Waals surface area contributed by atoms with E-state index in [-0.39, 0.29) is 28.6 Å². The highest BCUT2D eigenvalue weighted by molar-refractivity contribution is 7.90. The van der Waals surface area contributed by atoms with Crippen molar-refractivity contribution in [2.45, 2.75) is 26.0 Å². The second kappa shape index (κ2) is 5.31. The van der Waals surface area contributed by atoms with Crippen molar-refractivity contribution in [2.24, 2.45) is 0 Å². The van der Waals surface area contributed by atoms with E-state index in [4.69, 9.17) is 0 Å². The monoisotopic (exact) mass is 256 g/mol. The Morgan fingerprint density at radius 2 is 2.00 bits per heavy atom. The zero-order valence-electron chi connectivity index (χ0n) is 9.93. The third-order valence-corrected chi connectivity index (χ3v) is 4.16. The van der Waals surface area contributed by atoms with Crippen LogP contribution in [0, 0.1) is 0 Å². The number of carbonyl (C=O) groups excluding carboxylic acids is 1. The molecule has 0 bridgehead atoms. The Morgan fingerprint density at radius 1 is 1.35 bits per heavy atom. The quantitative estimate of drug-likeness (QED) is 0.817. The van der Waals surface area contributed by atoms with Gasteiger partial charge in [0.25, 0.3) is 0 Å². The number of hydrogen-bond donors (Lipinski definition) is 1. The van der Waals surface area contributed by atoms with E-state index in [9.17, 15) is 18.3 Å². The van der Waals surface area contributed by atoms with Crippen LogP contribution in [0.3, 0.4) is 0 Å². The predicted octanol–water partition coefficient (Wildman–Crippen LogP) is 1.92. The molecular weight excluding hydrogens is 240 g/mol. The molecule has 17 heavy (non-hydrogen) atoms. The van der Waals surface area contributed by atoms with E-state index in [0.29, 0.717) is 12.0 Å². The van der Waals surface area contributed by atoms with Crippen molar-refractivity contribution in [3.05, 3.63) is 29.3 Å². The summed E-state index contributed by atoms with van der Waals surface area (Å²) in [5.74, 6) is -0.390. The SMILES string of the molecule is CCCS(=O)(=O)Cc1cc(C(C)=O)ccc1O. The molecule has 0 aliphatic rings. The lowest BCUT2D eigenvalue weighted by atomic mass is 10.1. The van der Waals surface area contributed by atoms with Crippen LogP contribution < -0.4 is 0 Å². The van der Waals surface area contributed by atoms with Crippen LogP contribution in [0.4, 0.5) is 0 Å². The molecule has 0 spiro atoms. The standard InChI is InChI=1S/C12H16O4S/c1-3-6-17(15,16)8-11-7-10(9(2)13)4-5-12(11)14/h4-5,7,14H,3,6,8H2,1-2H3. The first-order valence-corrected chi connectivity index (χ1v) is 7.21. The van der Waals surface area contributed by atoms with Gasteiger partial charge in [0.05, 0.1) is 11.5 Å². The molecule has 5 heteroatoms. The maximum Gasteiger partial charge on any atom is 0.159 e. The Balaban J connectivity index is 3.06. The first-order chi connectivity index (χ1) is 7.85. The van der Waals surface area contributed by atoms with Crippen LogP contribution >= 0.6 is 0 Å². The van der Waals surface area contributed by atoms with Gasteiger partial charge < -0.3 is 5.11 Å². The second-order valence-corrected chi connectivity index (χ2v) is 6.18. The van der Waals surface area contributed by atoms with Crippen LogP contribution in [-0.2, 0) is 15.6 Å². The number of sulfone groups is 1. The molecule has 0 aliphatic carbocycles. The van der Waals surface area contributed by atoms with E-state index in [2.05, 4.69) is 0 Å². The second-order valence-electron chi connectivity index (χ2n) is 3.99. The van der Waals surface area contributed by atoms with E-state index in [1.165, 1.54) is 25.1 Å². The molecule has 94 valence electrons. The van der Waals surface area contributed by atoms with Crippen LogP contribution in [0.15, 0.2) is 18.2 Å². The lowest BCUT2D eigenvalue weighted by molar-refractivity contribution is 0.101. The number of Topliss-reactive ketones (excluding diaryl/α,β-unsaturated/α-hetero) is 1. The van der Waals surface area contributed by atoms with Crippen molar-refractivity contribution in [2.75, 3.05) is 5.75 Å². The minimum absolute atomic E-state index is 0.0801. The fourth-order valence-corrected chi connectivity index (χ4v) is 3.01. The molecule has 0 unspecified atom stereocenters. The summed E-state index contributed by atoms with van der Waals surface area (Å²) < 4.78 is 23.3. The van der Waals surface area contributed by atoms with Gasteiger partial charge in [0.2, 0.25) is 0 Å². The van der Waals surface area contributed by atoms with E-state index in [1.54, 1.807) is 6.92 Å². The van der Waals surface area contributed by atoms with E-state index in [1.807, 2.05) is 0 Å². The highest BCUT2D eigenvalue weighted by Gasteiger charge is 2.14. The molecule has 0 amide bonds. The van der Waals surface area contributed by atoms with E-state index >= 15 is 0 Å². The van der Waals surface area contributed by atoms with Crippen molar-refractivity contribution >= 4 is 15.6 Å². The van der Waals surface area contributed by atoms with E-state index in [0.717, 1.165) is 0 Å². The fourth-order valence-electron chi connectivity index (χ4n) is 1.54. The number of aromatic hydroxyl groups is 1. The molecular formula is C12H16O4S. The topological polar surface area (TPSA) is 71.4 Å². The molecule has 0 atom stereocenters. The summed E-state index contributed by atoms with van der Waals surface area (Å²) in [7, 11) is -3.22. The molecule has 0 heterocycles. The third kappa shape index (κ3) is 3.85. The zero-order chi connectivity index (χ0) is 13.1. The molecule has 0 aliphatic heterocycles. The first kappa shape index (κ1) is 13.7. The Labute approximate surface area is 101 Å². The molecule has 1 aromatic carbocycles. The molecule has 0 aromatic heterocycles. The van der Waals surface area contributed by atoms with Crippen molar-refractivity contribution in [1.82, 2.24) is 0 Å². The van der Waals surface area contributed by atoms with Gasteiger partial charge in [-0.15, -0.1) is 0 Å². The highest BCUT2D eigenvalue weighted by atomic mass is 32.2. The van der Waals surface area contributed by atoms with Crippen molar-refractivity contribution in [1.29, 1.82) is 0 Å². The van der Waals surface area contributed by atoms with Gasteiger partial charge in [0.1, 0.15) is 5.75 Å². The minimum Gasteiger partial charge on any atom is -0.508 e. The van der Waals surface area contributed by atoms with Gasteiger partial charge in [-0.3, -0.25) is 4.79 Å². The van der Waals surface area contributed by atoms with Gasteiger partial charge >= 0.3 is 0 Å². The predicted molar refractivity (Wildman–Crippen MR) is 65.9 cm³/mol. The molecule has 1 N–H and O–H groups in total. The smallest absolute Gasteiger partial charge is 0.159 e. The number of hydrogen-bond acceptors (Lipinski definition) is 4. The van der Waals surface area contributed by atoms with Crippen LogP contribution in [0.25, 0.3) is 0 Å². The zero-order valence-corrected chi connectivity index (χ0v) is 10.8. The molecule has 0 fully saturated rings. The number of ketones is 1. The van der Waals surface area contributed by atoms with Crippen LogP contribution in [-0.4, -0.2) is 25.1 Å². The van der Waals surface area contributed by atoms with Gasteiger partial charge in [-0.05, 0) is 31.5 Å². The summed E-state index contributed by atoms with van der Waals surface area (Å²) in [6.45, 7) is 3.18. The van der Waals surface area contributed by atoms with E-state index < -0.39 is 9.84 Å². The molecule has 4 nitrogen and oxygen atoms in total. The van der Waals surface area contributed by atoms with Gasteiger partial charge in [-0.2, -0.15) is 0 Å². The van der Waals surface area contributed by atoms with Crippen molar-refractivity contribution in [3.8, 4) is 5.75 Å². The summed E-state index contributed by atoms with van der Waals surface area (Å²) in [6.07, 6.45) is 0.537. The average Bonchev–Trinajstić information content (AvgIpc) is 2.20. The Kier molecular flexibility index (Phi) is 4.28. The Hall–Kier alpha value is -1.36. The van der Waals surface area contributed by atoms with Crippen molar-refractivity contribution in [3.63, 3.8) is 0 Å². The summed E-state index contributed by atoms with van der Waals surface area (Å²) in [4.78, 5) is 11.2. The Morgan fingerprint density at radius 3 is 2.53 bits per heavy atom. The first-order valence-electron chi connectivity index (χ1n) is 5.39. The van der Waals surface area contributed by atoms with Crippen molar-refractivity contribution < 1.29 is 18.3 Å². The summed E-state index contributed by atoms with van der Waals surface area (Å²) >= 11 is 0. The molecule has 0 radical (unpaired) electrons. The summed E-state index contributed by atoms with van der Waals surface area (Å²) in [5.41, 5.74) is 0.690. The average molecular weight is 256 g/mol. The lowest BCUT2D eigenvalue weighted by Gasteiger charge is -2.07. The summed E-state index contributed by atoms with van der Waals surface area (Å²) in [6, 6.07) is 4.27. The highest BCUT2D eigenvalue weighted by Crippen LogP contribution is 2.21. The lowest BCUT2D eigenvalue weighted by Crippen LogP contribution is -2.09. The molecule has 1 rings (SSSR count). The number of carbonyl (C=O) groups is 1. The fraction of sp³-hybridized carbons (Fsp3) is 0.417. The van der Waals surface area contributed by atoms with Crippen LogP contribution in [0.5, 0.6) is 5.75 Å². The number of benzene rings is 1. The molecule has 0 saturated heterocycles. The van der Waals surface area contributed by atoms with Gasteiger partial charge in [-0.25, -0.2) is 8.42 Å². The Bertz CT molecular complexity index is 517. The summed E-state index contributed by atoms with van der Waals surface area (Å²) in [5, 5.41) is 9.57. The number of rotatable bonds is 5. The van der Waals surface area contributed by atoms with Gasteiger partial charge in [-0.1, -0.05) is 6.92 Å². The molecule has 0 saturated carbocycles. The maximum atomic E-state index is 11.6. The van der Waals surface area contributed by atoms with Crippen LogP contribution in [0.1, 0.15) is 36.2 Å². The normalized spacial score (nSPS) is 11.4. The molecule has 1 aromatic rings. The number of phenolic OH excluding ortho intramolecular Hbond substituents is 1. The van der Waals surface area contributed by atoms with Gasteiger partial charge in [0, 0.05) is 11.1 Å². The largest absolute Gasteiger partial charge is 0.508 e. The minimum atomic E-state index is -3.22.